The molecule has 7 nitrogen and oxygen atoms in total. The zero-order valence-corrected chi connectivity index (χ0v) is 19.1. The summed E-state index contributed by atoms with van der Waals surface area (Å²) in [4.78, 5) is 9.60. The Labute approximate surface area is 181 Å². The van der Waals surface area contributed by atoms with E-state index >= 15 is 0 Å². The van der Waals surface area contributed by atoms with Crippen LogP contribution >= 0.6 is 0 Å². The van der Waals surface area contributed by atoms with Gasteiger partial charge in [-0.1, -0.05) is 19.1 Å². The van der Waals surface area contributed by atoms with Crippen molar-refractivity contribution in [2.24, 2.45) is 0 Å². The number of phenols is 1. The van der Waals surface area contributed by atoms with Gasteiger partial charge in [0.05, 0.1) is 39.6 Å². The molecule has 0 amide bonds. The fraction of sp³-hybridized carbons (Fsp3) is 0.696. The zero-order valence-electron chi connectivity index (χ0n) is 19.1. The van der Waals surface area contributed by atoms with E-state index in [2.05, 4.69) is 11.7 Å². The van der Waals surface area contributed by atoms with E-state index in [1.54, 1.807) is 12.1 Å². The third kappa shape index (κ3) is 21.0. The molecule has 0 spiro atoms. The number of aryl methyl sites for hydroxylation is 1. The number of phenolic OH excluding ortho intramolecular Hbond substituents is 1. The van der Waals surface area contributed by atoms with Gasteiger partial charge in [0.1, 0.15) is 11.4 Å². The largest absolute Gasteiger partial charge is 0.508 e. The summed E-state index contributed by atoms with van der Waals surface area (Å²) in [6.45, 7) is 13.1. The summed E-state index contributed by atoms with van der Waals surface area (Å²) in [6, 6.07) is 7.34. The van der Waals surface area contributed by atoms with Crippen LogP contribution < -0.4 is 0 Å². The molecule has 7 heteroatoms. The highest BCUT2D eigenvalue weighted by Gasteiger charge is 2.07. The molecule has 1 aromatic carbocycles. The summed E-state index contributed by atoms with van der Waals surface area (Å²) in [5.74, 6) is 0.316. The van der Waals surface area contributed by atoms with Crippen LogP contribution in [-0.2, 0) is 34.9 Å². The number of hydrogen-bond donors (Lipinski definition) is 1. The average molecular weight is 429 g/mol. The van der Waals surface area contributed by atoms with E-state index < -0.39 is 0 Å². The van der Waals surface area contributed by atoms with Crippen molar-refractivity contribution in [2.75, 3.05) is 52.9 Å². The number of hydrogen-bond acceptors (Lipinski definition) is 7. The average Bonchev–Trinajstić information content (AvgIpc) is 2.68. The van der Waals surface area contributed by atoms with Crippen LogP contribution in [0.1, 0.15) is 46.1 Å². The number of rotatable bonds is 16. The fourth-order valence-electron chi connectivity index (χ4n) is 2.14. The predicted octanol–water partition coefficient (Wildman–Crippen LogP) is 3.76. The van der Waals surface area contributed by atoms with Gasteiger partial charge in [-0.05, 0) is 57.7 Å². The van der Waals surface area contributed by atoms with Crippen LogP contribution in [0, 0.1) is 0 Å². The number of ether oxygens (including phenoxy) is 5. The van der Waals surface area contributed by atoms with E-state index in [9.17, 15) is 9.90 Å². The van der Waals surface area contributed by atoms with Crippen LogP contribution in [0.25, 0.3) is 0 Å². The van der Waals surface area contributed by atoms with Crippen molar-refractivity contribution in [3.05, 3.63) is 29.8 Å². The Morgan fingerprint density at radius 3 is 1.83 bits per heavy atom. The molecular formula is C23H40O7. The summed E-state index contributed by atoms with van der Waals surface area (Å²) in [5.41, 5.74) is 0.812. The summed E-state index contributed by atoms with van der Waals surface area (Å²) < 4.78 is 26.2. The maximum absolute atomic E-state index is 9.60. The first-order chi connectivity index (χ1) is 14.4. The molecular weight excluding hydrogens is 388 g/mol. The lowest BCUT2D eigenvalue weighted by molar-refractivity contribution is -0.138. The van der Waals surface area contributed by atoms with Crippen molar-refractivity contribution in [1.29, 1.82) is 0 Å². The van der Waals surface area contributed by atoms with Gasteiger partial charge in [0.25, 0.3) is 6.47 Å². The van der Waals surface area contributed by atoms with Gasteiger partial charge in [0, 0.05) is 13.2 Å². The lowest BCUT2D eigenvalue weighted by atomic mass is 10.1. The maximum atomic E-state index is 9.60. The molecule has 0 aliphatic heterocycles. The lowest BCUT2D eigenvalue weighted by Gasteiger charge is -2.14. The molecule has 0 aromatic heterocycles. The Bertz CT molecular complexity index is 515. The van der Waals surface area contributed by atoms with E-state index in [0.29, 0.717) is 58.5 Å². The van der Waals surface area contributed by atoms with Crippen LogP contribution in [0.15, 0.2) is 24.3 Å². The monoisotopic (exact) mass is 428 g/mol. The standard InChI is InChI=1S/C18H30O5.C5H10O2/c1-2-8-20-10-12-22-14-15-23-13-11-21-9-4-6-17-5-3-7-18(19)16-17;1-5(2,3)7-4-6/h3,5,7,16,19H,2,4,6,8-15H2,1H3;4H,1-3H3. The number of carbonyl (C=O) groups excluding carboxylic acids is 1. The summed E-state index contributed by atoms with van der Waals surface area (Å²) in [6.07, 6.45) is 2.88. The highest BCUT2D eigenvalue weighted by Crippen LogP contribution is 2.12. The van der Waals surface area contributed by atoms with Crippen molar-refractivity contribution in [1.82, 2.24) is 0 Å². The smallest absolute Gasteiger partial charge is 0.293 e. The van der Waals surface area contributed by atoms with E-state index in [0.717, 1.165) is 31.4 Å². The minimum Gasteiger partial charge on any atom is -0.508 e. The van der Waals surface area contributed by atoms with Crippen molar-refractivity contribution in [2.45, 2.75) is 52.6 Å². The molecule has 174 valence electrons. The first-order valence-electron chi connectivity index (χ1n) is 10.6. The van der Waals surface area contributed by atoms with Gasteiger partial charge in [-0.3, -0.25) is 4.79 Å². The summed E-state index contributed by atoms with van der Waals surface area (Å²) >= 11 is 0. The molecule has 0 aliphatic carbocycles. The van der Waals surface area contributed by atoms with Crippen molar-refractivity contribution in [3.8, 4) is 5.75 Å². The molecule has 0 saturated heterocycles. The van der Waals surface area contributed by atoms with Gasteiger partial charge in [-0.15, -0.1) is 0 Å². The van der Waals surface area contributed by atoms with Crippen LogP contribution in [0.2, 0.25) is 0 Å². The molecule has 0 radical (unpaired) electrons. The molecule has 30 heavy (non-hydrogen) atoms. The Kier molecular flexibility index (Phi) is 18.2. The number of carbonyl (C=O) groups is 1. The molecule has 0 aliphatic rings. The van der Waals surface area contributed by atoms with Crippen molar-refractivity contribution < 1.29 is 33.6 Å². The molecule has 1 rings (SSSR count). The summed E-state index contributed by atoms with van der Waals surface area (Å²) in [5, 5.41) is 9.36. The van der Waals surface area contributed by atoms with Gasteiger partial charge in [-0.2, -0.15) is 0 Å². The SMILES string of the molecule is CC(C)(C)OC=O.CCCOCCOCCOCCOCCCc1cccc(O)c1. The van der Waals surface area contributed by atoms with Crippen LogP contribution in [0.3, 0.4) is 0 Å². The zero-order chi connectivity index (χ0) is 22.5. The highest BCUT2D eigenvalue weighted by atomic mass is 16.6. The molecule has 0 heterocycles. The second-order valence-corrected chi connectivity index (χ2v) is 7.55. The van der Waals surface area contributed by atoms with E-state index in [1.165, 1.54) is 0 Å². The Hall–Kier alpha value is -1.67. The molecule has 1 N–H and O–H groups in total. The predicted molar refractivity (Wildman–Crippen MR) is 117 cm³/mol. The van der Waals surface area contributed by atoms with Crippen LogP contribution in [0.5, 0.6) is 5.75 Å². The number of aromatic hydroxyl groups is 1. The normalized spacial score (nSPS) is 10.9. The Morgan fingerprint density at radius 1 is 0.867 bits per heavy atom. The highest BCUT2D eigenvalue weighted by molar-refractivity contribution is 5.37. The van der Waals surface area contributed by atoms with E-state index in [1.807, 2.05) is 32.9 Å². The Morgan fingerprint density at radius 2 is 1.40 bits per heavy atom. The summed E-state index contributed by atoms with van der Waals surface area (Å²) in [7, 11) is 0. The minimum absolute atomic E-state index is 0.316. The fourth-order valence-corrected chi connectivity index (χ4v) is 2.14. The topological polar surface area (TPSA) is 83.5 Å². The first-order valence-corrected chi connectivity index (χ1v) is 10.6. The van der Waals surface area contributed by atoms with Gasteiger partial charge in [0.2, 0.25) is 0 Å². The Balaban J connectivity index is 0.00000103. The molecule has 0 atom stereocenters. The van der Waals surface area contributed by atoms with Crippen molar-refractivity contribution >= 4 is 6.47 Å². The third-order valence-electron chi connectivity index (χ3n) is 3.53. The van der Waals surface area contributed by atoms with E-state index in [-0.39, 0.29) is 5.60 Å². The van der Waals surface area contributed by atoms with Gasteiger partial charge < -0.3 is 28.8 Å². The molecule has 0 bridgehead atoms. The third-order valence-corrected chi connectivity index (χ3v) is 3.53. The minimum atomic E-state index is -0.318. The number of benzene rings is 1. The maximum Gasteiger partial charge on any atom is 0.293 e. The lowest BCUT2D eigenvalue weighted by Crippen LogP contribution is -2.17. The van der Waals surface area contributed by atoms with Crippen molar-refractivity contribution in [3.63, 3.8) is 0 Å². The first kappa shape index (κ1) is 28.3. The second-order valence-electron chi connectivity index (χ2n) is 7.55. The second kappa shape index (κ2) is 19.3. The van der Waals surface area contributed by atoms with E-state index in [4.69, 9.17) is 18.9 Å². The van der Waals surface area contributed by atoms with Gasteiger partial charge in [-0.25, -0.2) is 0 Å². The van der Waals surface area contributed by atoms with Crippen LogP contribution in [-0.4, -0.2) is 70.0 Å². The quantitative estimate of drug-likeness (QED) is 0.317. The molecule has 0 unspecified atom stereocenters. The molecule has 0 saturated carbocycles. The van der Waals surface area contributed by atoms with Crippen LogP contribution in [0.4, 0.5) is 0 Å². The van der Waals surface area contributed by atoms with Gasteiger partial charge in [0.15, 0.2) is 0 Å². The molecule has 0 fully saturated rings. The van der Waals surface area contributed by atoms with Gasteiger partial charge >= 0.3 is 0 Å². The molecule has 1 aromatic rings.